The van der Waals surface area contributed by atoms with Gasteiger partial charge in [-0.3, -0.25) is 0 Å². The Morgan fingerprint density at radius 2 is 2.06 bits per heavy atom. The molecule has 0 aliphatic heterocycles. The van der Waals surface area contributed by atoms with E-state index >= 15 is 0 Å². The maximum absolute atomic E-state index is 9.86. The van der Waals surface area contributed by atoms with Crippen molar-refractivity contribution in [2.75, 3.05) is 5.32 Å². The molecule has 1 aromatic carbocycles. The molecule has 80 valence electrons. The molecule has 0 aliphatic rings. The van der Waals surface area contributed by atoms with Crippen LogP contribution < -0.4 is 5.32 Å². The molecule has 0 spiro atoms. The molecule has 0 unspecified atom stereocenters. The summed E-state index contributed by atoms with van der Waals surface area (Å²) >= 11 is 5.29. The van der Waals surface area contributed by atoms with Gasteiger partial charge in [-0.25, -0.2) is 0 Å². The molecule has 0 saturated heterocycles. The Balaban J connectivity index is 0.000000325. The van der Waals surface area contributed by atoms with Gasteiger partial charge in [-0.2, -0.15) is 12.6 Å². The van der Waals surface area contributed by atoms with Gasteiger partial charge < -0.3 is 10.1 Å². The number of hydrogen-bond acceptors (Lipinski definition) is 2. The van der Waals surface area contributed by atoms with Crippen LogP contribution in [0.1, 0.15) is 0 Å². The molecule has 16 heavy (non-hydrogen) atoms. The summed E-state index contributed by atoms with van der Waals surface area (Å²) in [6.07, 6.45) is 6.84. The van der Waals surface area contributed by atoms with E-state index in [1.54, 1.807) is 18.5 Å². The monoisotopic (exact) mass is 281 g/mol. The standard InChI is InChI=1S/C7H6NOS.C5H5.Zn/c9-5-8-6-3-1-2-4-7(6)10;1-3-5-4-2;/h1-4,10H,(H,8,9);1-5H;/q2*-1;/b;5-3-;. The number of thiol groups is 1. The van der Waals surface area contributed by atoms with E-state index in [0.717, 1.165) is 4.90 Å². The molecule has 0 radical (unpaired) electrons. The minimum absolute atomic E-state index is 0.681. The second-order valence-corrected chi connectivity index (χ2v) is 4.03. The predicted octanol–water partition coefficient (Wildman–Crippen LogP) is 2.34. The Labute approximate surface area is 111 Å². The topological polar surface area (TPSA) is 29.1 Å². The molecule has 0 aromatic heterocycles. The van der Waals surface area contributed by atoms with Crippen LogP contribution in [0.3, 0.4) is 0 Å². The van der Waals surface area contributed by atoms with Crippen LogP contribution in [0.5, 0.6) is 0 Å². The molecule has 0 saturated carbocycles. The van der Waals surface area contributed by atoms with Crippen molar-refractivity contribution in [1.29, 1.82) is 0 Å². The van der Waals surface area contributed by atoms with Crippen molar-refractivity contribution in [1.82, 2.24) is 0 Å². The Bertz CT molecular complexity index is 367. The fraction of sp³-hybridized carbons (Fsp3) is 0. The van der Waals surface area contributed by atoms with Crippen molar-refractivity contribution in [3.8, 4) is 0 Å². The quantitative estimate of drug-likeness (QED) is 0.287. The number of anilines is 1. The fourth-order valence-electron chi connectivity index (χ4n) is 0.777. The average Bonchev–Trinajstić information content (AvgIpc) is 2.31. The van der Waals surface area contributed by atoms with Crippen LogP contribution in [0.25, 0.3) is 0 Å². The van der Waals surface area contributed by atoms with Gasteiger partial charge in [0.25, 0.3) is 0 Å². The first kappa shape index (κ1) is 15.0. The van der Waals surface area contributed by atoms with Crippen molar-refractivity contribution >= 4 is 29.3 Å². The number of para-hydroxylation sites is 1. The molecule has 1 amide bonds. The van der Waals surface area contributed by atoms with Crippen LogP contribution in [0.15, 0.2) is 47.4 Å². The molecule has 0 atom stereocenters. The van der Waals surface area contributed by atoms with Gasteiger partial charge in [0.2, 0.25) is 0 Å². The first-order valence-corrected chi connectivity index (χ1v) is 6.66. The average molecular weight is 283 g/mol. The molecule has 0 heterocycles. The van der Waals surface area contributed by atoms with Crippen LogP contribution in [0.2, 0.25) is 0 Å². The van der Waals surface area contributed by atoms with Crippen LogP contribution in [0.4, 0.5) is 5.69 Å². The maximum atomic E-state index is 9.86. The Kier molecular flexibility index (Phi) is 9.88. The molecule has 0 fully saturated rings. The zero-order valence-corrected chi connectivity index (χ0v) is 12.6. The molecular weight excluding hydrogens is 272 g/mol. The summed E-state index contributed by atoms with van der Waals surface area (Å²) < 4.78 is 2.04. The summed E-state index contributed by atoms with van der Waals surface area (Å²) in [5.41, 5.74) is 0.681. The zero-order chi connectivity index (χ0) is 12.2. The van der Waals surface area contributed by atoms with E-state index in [-0.39, 0.29) is 0 Å². The molecular formula is C12H11NOSZn-2. The van der Waals surface area contributed by atoms with Crippen LogP contribution in [0, 0.1) is 6.58 Å². The van der Waals surface area contributed by atoms with Gasteiger partial charge >= 0.3 is 47.3 Å². The van der Waals surface area contributed by atoms with Crippen molar-refractivity contribution in [3.05, 3.63) is 49.1 Å². The van der Waals surface area contributed by atoms with E-state index in [4.69, 9.17) is 6.58 Å². The molecule has 0 aliphatic carbocycles. The summed E-state index contributed by atoms with van der Waals surface area (Å²) in [6, 6.07) is 7.22. The number of amides is 1. The van der Waals surface area contributed by atoms with E-state index < -0.39 is 0 Å². The van der Waals surface area contributed by atoms with Gasteiger partial charge in [-0.05, 0) is 0 Å². The normalized spacial score (nSPS) is 8.94. The Morgan fingerprint density at radius 1 is 1.38 bits per heavy atom. The number of benzene rings is 1. The molecule has 0 bridgehead atoms. The summed E-state index contributed by atoms with van der Waals surface area (Å²) in [5, 5.41) is 2.39. The van der Waals surface area contributed by atoms with E-state index in [9.17, 15) is 4.79 Å². The summed E-state index contributed by atoms with van der Waals surface area (Å²) in [7, 11) is 0. The van der Waals surface area contributed by atoms with Gasteiger partial charge in [0.05, 0.1) is 6.41 Å². The second kappa shape index (κ2) is 10.5. The number of allylic oxidation sites excluding steroid dienone is 3. The van der Waals surface area contributed by atoms with Crippen LogP contribution in [-0.2, 0) is 22.6 Å². The molecule has 4 heteroatoms. The van der Waals surface area contributed by atoms with E-state index in [2.05, 4.69) is 17.9 Å². The third-order valence-electron chi connectivity index (χ3n) is 1.45. The third kappa shape index (κ3) is 7.32. The summed E-state index contributed by atoms with van der Waals surface area (Å²) in [5.74, 6) is 0. The van der Waals surface area contributed by atoms with Gasteiger partial charge in [0.15, 0.2) is 0 Å². The van der Waals surface area contributed by atoms with Gasteiger partial charge in [0, 0.05) is 0 Å². The fourth-order valence-corrected chi connectivity index (χ4v) is 1.32. The van der Waals surface area contributed by atoms with Gasteiger partial charge in [0.1, 0.15) is 0 Å². The number of carbonyl (C=O) groups excluding carboxylic acids is 1. The Morgan fingerprint density at radius 3 is 2.50 bits per heavy atom. The predicted molar refractivity (Wildman–Crippen MR) is 67.1 cm³/mol. The first-order valence-electron chi connectivity index (χ1n) is 4.50. The molecule has 1 aromatic rings. The van der Waals surface area contributed by atoms with E-state index in [1.165, 1.54) is 23.9 Å². The zero-order valence-electron chi connectivity index (χ0n) is 8.76. The number of nitrogens with one attached hydrogen (secondary N) is 1. The van der Waals surface area contributed by atoms with E-state index in [1.807, 2.05) is 28.9 Å². The van der Waals surface area contributed by atoms with Gasteiger partial charge in [-0.1, -0.05) is 28.8 Å². The molecule has 1 N–H and O–H groups in total. The Hall–Kier alpha value is -0.987. The van der Waals surface area contributed by atoms with Crippen molar-refractivity contribution in [2.45, 2.75) is 4.90 Å². The second-order valence-electron chi connectivity index (χ2n) is 2.56. The minimum atomic E-state index is 0.681. The first-order chi connectivity index (χ1) is 7.76. The van der Waals surface area contributed by atoms with Gasteiger partial charge in [-0.15, -0.1) is 6.07 Å². The number of rotatable bonds is 4. The van der Waals surface area contributed by atoms with Crippen molar-refractivity contribution in [2.24, 2.45) is 0 Å². The third-order valence-corrected chi connectivity index (χ3v) is 2.41. The SMILES string of the molecule is O=[C-]Nc1ccccc1S.[CH-]=C/C=C\[CH]=[Zn]. The van der Waals surface area contributed by atoms with Crippen LogP contribution in [-0.4, -0.2) is 11.0 Å². The van der Waals surface area contributed by atoms with E-state index in [0.29, 0.717) is 5.69 Å². The molecule has 2 nitrogen and oxygen atoms in total. The van der Waals surface area contributed by atoms with Crippen LogP contribution >= 0.6 is 12.6 Å². The number of hydrogen-bond donors (Lipinski definition) is 2. The summed E-state index contributed by atoms with van der Waals surface area (Å²) in [4.78, 5) is 10.6. The summed E-state index contributed by atoms with van der Waals surface area (Å²) in [6.45, 7) is 5.00. The van der Waals surface area contributed by atoms with Crippen molar-refractivity contribution < 1.29 is 22.6 Å². The van der Waals surface area contributed by atoms with Crippen molar-refractivity contribution in [3.63, 3.8) is 0 Å². The molecule has 1 rings (SSSR count).